The lowest BCUT2D eigenvalue weighted by Crippen LogP contribution is -2.26. The van der Waals surface area contributed by atoms with Crippen LogP contribution in [0.1, 0.15) is 0 Å². The van der Waals surface area contributed by atoms with E-state index >= 15 is 0 Å². The molecule has 0 aliphatic carbocycles. The number of amides is 1. The summed E-state index contributed by atoms with van der Waals surface area (Å²) < 4.78 is 1.89. The zero-order valence-electron chi connectivity index (χ0n) is 10.4. The highest BCUT2D eigenvalue weighted by Crippen LogP contribution is 2.34. The molecule has 0 saturated carbocycles. The largest absolute Gasteiger partial charge is 0.504 e. The number of rotatable bonds is 3. The maximum Gasteiger partial charge on any atom is 0.251 e. The Kier molecular flexibility index (Phi) is 4.92. The molecule has 0 atom stereocenters. The number of carbonyl (C=O) groups excluding carboxylic acids is 1. The number of nitrogens with zero attached hydrogens (tertiary/aromatic N) is 1. The molecule has 0 fully saturated rings. The van der Waals surface area contributed by atoms with Gasteiger partial charge in [-0.25, -0.2) is 0 Å². The summed E-state index contributed by atoms with van der Waals surface area (Å²) in [4.78, 5) is 23.5. The van der Waals surface area contributed by atoms with Crippen LogP contribution in [0.15, 0.2) is 39.7 Å². The van der Waals surface area contributed by atoms with Crippen molar-refractivity contribution in [2.24, 2.45) is 0 Å². The number of anilines is 1. The molecule has 0 aliphatic heterocycles. The minimum absolute atomic E-state index is 0.0254. The highest BCUT2D eigenvalue weighted by molar-refractivity contribution is 9.10. The number of pyridine rings is 1. The molecule has 0 spiro atoms. The van der Waals surface area contributed by atoms with Crippen molar-refractivity contribution >= 4 is 50.7 Å². The smallest absolute Gasteiger partial charge is 0.251 e. The third-order valence-corrected chi connectivity index (χ3v) is 3.54. The molecule has 8 heteroatoms. The molecular weight excluding hydrogens is 383 g/mol. The Morgan fingerprint density at radius 1 is 1.33 bits per heavy atom. The summed E-state index contributed by atoms with van der Waals surface area (Å²) in [6, 6.07) is 5.64. The van der Waals surface area contributed by atoms with Gasteiger partial charge in [-0.2, -0.15) is 0 Å². The standard InChI is InChI=1S/C13H9BrCl2N2O3/c14-7-1-2-12(20)18(5-7)6-11(19)17-10-4-8(15)3-9(16)13(10)21/h1-5,21H,6H2,(H,17,19). The van der Waals surface area contributed by atoms with Crippen molar-refractivity contribution in [3.63, 3.8) is 0 Å². The average molecular weight is 392 g/mol. The number of benzene rings is 1. The Balaban J connectivity index is 2.19. The van der Waals surface area contributed by atoms with Gasteiger partial charge in [0.2, 0.25) is 5.91 Å². The number of phenolic OH excluding ortho intramolecular Hbond substituents is 1. The van der Waals surface area contributed by atoms with Crippen LogP contribution < -0.4 is 10.9 Å². The van der Waals surface area contributed by atoms with Gasteiger partial charge in [0.05, 0.1) is 10.7 Å². The molecule has 21 heavy (non-hydrogen) atoms. The SMILES string of the molecule is O=C(Cn1cc(Br)ccc1=O)Nc1cc(Cl)cc(Cl)c1O. The fraction of sp³-hybridized carbons (Fsp3) is 0.0769. The number of phenols is 1. The number of carbonyl (C=O) groups is 1. The predicted octanol–water partition coefficient (Wildman–Crippen LogP) is 3.26. The molecule has 2 aromatic rings. The summed E-state index contributed by atoms with van der Waals surface area (Å²) in [6.07, 6.45) is 1.49. The van der Waals surface area contributed by atoms with Crippen molar-refractivity contribution in [3.05, 3.63) is 55.3 Å². The van der Waals surface area contributed by atoms with Gasteiger partial charge < -0.3 is 15.0 Å². The van der Waals surface area contributed by atoms with Gasteiger partial charge in [0.1, 0.15) is 6.54 Å². The lowest BCUT2D eigenvalue weighted by atomic mass is 10.3. The van der Waals surface area contributed by atoms with Crippen molar-refractivity contribution in [3.8, 4) is 5.75 Å². The fourth-order valence-corrected chi connectivity index (χ4v) is 2.50. The molecule has 0 aliphatic rings. The predicted molar refractivity (Wildman–Crippen MR) is 85.2 cm³/mol. The topological polar surface area (TPSA) is 71.3 Å². The number of halogens is 3. The Morgan fingerprint density at radius 3 is 2.76 bits per heavy atom. The average Bonchev–Trinajstić information content (AvgIpc) is 2.39. The molecule has 1 aromatic carbocycles. The van der Waals surface area contributed by atoms with E-state index < -0.39 is 5.91 Å². The second-order valence-electron chi connectivity index (χ2n) is 4.15. The van der Waals surface area contributed by atoms with Crippen molar-refractivity contribution in [2.75, 3.05) is 5.32 Å². The number of aromatic nitrogens is 1. The minimum atomic E-state index is -0.496. The van der Waals surface area contributed by atoms with Crippen LogP contribution in [0.3, 0.4) is 0 Å². The van der Waals surface area contributed by atoms with Crippen molar-refractivity contribution in [1.82, 2.24) is 4.57 Å². The summed E-state index contributed by atoms with van der Waals surface area (Å²) in [7, 11) is 0. The molecule has 0 saturated heterocycles. The number of hydrogen-bond donors (Lipinski definition) is 2. The van der Waals surface area contributed by atoms with Gasteiger partial charge >= 0.3 is 0 Å². The Morgan fingerprint density at radius 2 is 2.05 bits per heavy atom. The maximum absolute atomic E-state index is 11.9. The van der Waals surface area contributed by atoms with E-state index in [0.29, 0.717) is 4.47 Å². The van der Waals surface area contributed by atoms with Gasteiger partial charge in [0, 0.05) is 21.8 Å². The zero-order chi connectivity index (χ0) is 15.6. The number of hydrogen-bond acceptors (Lipinski definition) is 3. The summed E-state index contributed by atoms with van der Waals surface area (Å²) in [5.41, 5.74) is -0.234. The molecule has 5 nitrogen and oxygen atoms in total. The van der Waals surface area contributed by atoms with Crippen LogP contribution in [-0.2, 0) is 11.3 Å². The van der Waals surface area contributed by atoms with Crippen LogP contribution in [-0.4, -0.2) is 15.6 Å². The summed E-state index contributed by atoms with van der Waals surface area (Å²) >= 11 is 14.8. The fourth-order valence-electron chi connectivity index (χ4n) is 1.63. The monoisotopic (exact) mass is 390 g/mol. The van der Waals surface area contributed by atoms with Gasteiger partial charge in [-0.15, -0.1) is 0 Å². The Hall–Kier alpha value is -1.50. The Bertz CT molecular complexity index is 762. The van der Waals surface area contributed by atoms with Crippen LogP contribution in [0.5, 0.6) is 5.75 Å². The van der Waals surface area contributed by atoms with E-state index in [-0.39, 0.29) is 33.6 Å². The number of nitrogens with one attached hydrogen (secondary N) is 1. The van der Waals surface area contributed by atoms with Crippen LogP contribution in [0.2, 0.25) is 10.0 Å². The lowest BCUT2D eigenvalue weighted by molar-refractivity contribution is -0.116. The van der Waals surface area contributed by atoms with Crippen LogP contribution in [0.25, 0.3) is 0 Å². The first-order valence-corrected chi connectivity index (χ1v) is 7.25. The number of aromatic hydroxyl groups is 1. The highest BCUT2D eigenvalue weighted by atomic mass is 79.9. The quantitative estimate of drug-likeness (QED) is 0.788. The molecule has 0 radical (unpaired) electrons. The second kappa shape index (κ2) is 6.51. The zero-order valence-corrected chi connectivity index (χ0v) is 13.5. The third-order valence-electron chi connectivity index (χ3n) is 2.56. The molecule has 2 N–H and O–H groups in total. The van der Waals surface area contributed by atoms with Crippen molar-refractivity contribution in [2.45, 2.75) is 6.54 Å². The minimum Gasteiger partial charge on any atom is -0.504 e. The maximum atomic E-state index is 11.9. The molecule has 0 bridgehead atoms. The summed E-state index contributed by atoms with van der Waals surface area (Å²) in [5.74, 6) is -0.778. The van der Waals surface area contributed by atoms with E-state index in [1.165, 1.54) is 29.0 Å². The van der Waals surface area contributed by atoms with E-state index in [1.807, 2.05) is 0 Å². The van der Waals surface area contributed by atoms with E-state index in [4.69, 9.17) is 23.2 Å². The summed E-state index contributed by atoms with van der Waals surface area (Å²) in [5, 5.41) is 12.5. The molecule has 1 heterocycles. The van der Waals surface area contributed by atoms with E-state index in [9.17, 15) is 14.7 Å². The molecule has 1 amide bonds. The van der Waals surface area contributed by atoms with E-state index in [0.717, 1.165) is 0 Å². The van der Waals surface area contributed by atoms with Crippen LogP contribution >= 0.6 is 39.1 Å². The summed E-state index contributed by atoms with van der Waals surface area (Å²) in [6.45, 7) is -0.207. The molecule has 0 unspecified atom stereocenters. The van der Waals surface area contributed by atoms with Gasteiger partial charge in [-0.3, -0.25) is 9.59 Å². The Labute approximate surface area is 138 Å². The second-order valence-corrected chi connectivity index (χ2v) is 5.90. The van der Waals surface area contributed by atoms with Crippen molar-refractivity contribution < 1.29 is 9.90 Å². The molecule has 2 rings (SSSR count). The van der Waals surface area contributed by atoms with Gasteiger partial charge in [-0.05, 0) is 34.1 Å². The van der Waals surface area contributed by atoms with Crippen LogP contribution in [0.4, 0.5) is 5.69 Å². The van der Waals surface area contributed by atoms with E-state index in [1.54, 1.807) is 6.07 Å². The molecule has 1 aromatic heterocycles. The first-order chi connectivity index (χ1) is 9.86. The normalized spacial score (nSPS) is 10.4. The van der Waals surface area contributed by atoms with Gasteiger partial charge in [-0.1, -0.05) is 23.2 Å². The van der Waals surface area contributed by atoms with E-state index in [2.05, 4.69) is 21.2 Å². The first kappa shape index (κ1) is 15.9. The van der Waals surface area contributed by atoms with Crippen molar-refractivity contribution in [1.29, 1.82) is 0 Å². The first-order valence-electron chi connectivity index (χ1n) is 5.70. The van der Waals surface area contributed by atoms with Gasteiger partial charge in [0.25, 0.3) is 5.56 Å². The third kappa shape index (κ3) is 4.00. The van der Waals surface area contributed by atoms with Crippen LogP contribution in [0, 0.1) is 0 Å². The molecular formula is C13H9BrCl2N2O3. The highest BCUT2D eigenvalue weighted by Gasteiger charge is 2.12. The van der Waals surface area contributed by atoms with Gasteiger partial charge in [0.15, 0.2) is 5.75 Å². The molecule has 110 valence electrons. The lowest BCUT2D eigenvalue weighted by Gasteiger charge is -2.10.